The normalized spacial score (nSPS) is 14.6. The number of piperidine rings is 1. The predicted molar refractivity (Wildman–Crippen MR) is 130 cm³/mol. The zero-order chi connectivity index (χ0) is 22.8. The number of para-hydroxylation sites is 1. The van der Waals surface area contributed by atoms with Crippen LogP contribution in [-0.2, 0) is 5.75 Å². The van der Waals surface area contributed by atoms with Crippen molar-refractivity contribution in [2.45, 2.75) is 35.8 Å². The topological polar surface area (TPSA) is 75.7 Å². The second-order valence-electron chi connectivity index (χ2n) is 8.08. The Bertz CT molecular complexity index is 1270. The Balaban J connectivity index is 1.27. The highest BCUT2D eigenvalue weighted by Crippen LogP contribution is 2.34. The van der Waals surface area contributed by atoms with E-state index in [4.69, 9.17) is 8.83 Å². The van der Waals surface area contributed by atoms with Gasteiger partial charge in [0.15, 0.2) is 11.5 Å². The monoisotopic (exact) mass is 480 g/mol. The molecule has 3 aromatic heterocycles. The van der Waals surface area contributed by atoms with Crippen LogP contribution in [0.3, 0.4) is 0 Å². The standard InChI is InChI=1S/C25H24N2O4S2/c1-16-8-9-21(30-16)24(28)26-17-10-12-27(13-11-17)25(29)23-19(15-33-22-7-4-14-32-22)18-5-2-3-6-20(18)31-23/h2-9,14,17H,10-13,15H2,1H3,(H,26,28). The lowest BCUT2D eigenvalue weighted by Crippen LogP contribution is -2.46. The fourth-order valence-corrected chi connectivity index (χ4v) is 5.90. The van der Waals surface area contributed by atoms with Gasteiger partial charge in [0.05, 0.1) is 4.21 Å². The number of rotatable bonds is 6. The van der Waals surface area contributed by atoms with E-state index < -0.39 is 0 Å². The molecule has 5 rings (SSSR count). The summed E-state index contributed by atoms with van der Waals surface area (Å²) in [4.78, 5) is 27.6. The number of carbonyl (C=O) groups is 2. The van der Waals surface area contributed by atoms with Gasteiger partial charge in [-0.3, -0.25) is 9.59 Å². The second kappa shape index (κ2) is 9.49. The van der Waals surface area contributed by atoms with Gasteiger partial charge in [-0.25, -0.2) is 0 Å². The van der Waals surface area contributed by atoms with E-state index in [9.17, 15) is 9.59 Å². The number of thiophene rings is 1. The molecule has 4 aromatic rings. The molecule has 1 fully saturated rings. The number of likely N-dealkylation sites (tertiary alicyclic amines) is 1. The van der Waals surface area contributed by atoms with Crippen molar-refractivity contribution in [3.63, 3.8) is 0 Å². The van der Waals surface area contributed by atoms with E-state index in [1.807, 2.05) is 42.2 Å². The van der Waals surface area contributed by atoms with Gasteiger partial charge in [-0.1, -0.05) is 24.3 Å². The molecule has 0 unspecified atom stereocenters. The SMILES string of the molecule is Cc1ccc(C(=O)NC2CCN(C(=O)c3oc4ccccc4c3CSc3cccs3)CC2)o1. The Morgan fingerprint density at radius 2 is 1.91 bits per heavy atom. The van der Waals surface area contributed by atoms with E-state index in [0.717, 1.165) is 16.5 Å². The number of hydrogen-bond donors (Lipinski definition) is 1. The molecule has 1 N–H and O–H groups in total. The summed E-state index contributed by atoms with van der Waals surface area (Å²) in [6.07, 6.45) is 1.38. The molecule has 170 valence electrons. The minimum atomic E-state index is -0.210. The first-order valence-electron chi connectivity index (χ1n) is 10.9. The lowest BCUT2D eigenvalue weighted by molar-refractivity contribution is 0.0666. The Kier molecular flexibility index (Phi) is 6.28. The first-order chi connectivity index (χ1) is 16.1. The number of nitrogens with one attached hydrogen (secondary N) is 1. The second-order valence-corrected chi connectivity index (χ2v) is 10.3. The Labute approximate surface area is 199 Å². The van der Waals surface area contributed by atoms with Crippen LogP contribution < -0.4 is 5.32 Å². The van der Waals surface area contributed by atoms with Crippen molar-refractivity contribution < 1.29 is 18.4 Å². The van der Waals surface area contributed by atoms with E-state index >= 15 is 0 Å². The van der Waals surface area contributed by atoms with Crippen LogP contribution >= 0.6 is 23.1 Å². The smallest absolute Gasteiger partial charge is 0.289 e. The van der Waals surface area contributed by atoms with Crippen molar-refractivity contribution in [2.24, 2.45) is 0 Å². The first-order valence-corrected chi connectivity index (χ1v) is 12.8. The van der Waals surface area contributed by atoms with Crippen LogP contribution in [0.25, 0.3) is 11.0 Å². The number of hydrogen-bond acceptors (Lipinski definition) is 6. The molecule has 1 saturated heterocycles. The van der Waals surface area contributed by atoms with Crippen LogP contribution in [0.15, 0.2) is 67.0 Å². The average molecular weight is 481 g/mol. The van der Waals surface area contributed by atoms with Gasteiger partial charge in [0.1, 0.15) is 11.3 Å². The maximum absolute atomic E-state index is 13.4. The third kappa shape index (κ3) is 4.72. The molecule has 6 nitrogen and oxygen atoms in total. The van der Waals surface area contributed by atoms with Crippen LogP contribution in [0.5, 0.6) is 0 Å². The number of fused-ring (bicyclic) bond motifs is 1. The Morgan fingerprint density at radius 3 is 2.64 bits per heavy atom. The van der Waals surface area contributed by atoms with Gasteiger partial charge in [-0.15, -0.1) is 23.1 Å². The van der Waals surface area contributed by atoms with Crippen LogP contribution in [-0.4, -0.2) is 35.8 Å². The van der Waals surface area contributed by atoms with Gasteiger partial charge < -0.3 is 19.1 Å². The van der Waals surface area contributed by atoms with Gasteiger partial charge in [-0.05, 0) is 49.4 Å². The van der Waals surface area contributed by atoms with Gasteiger partial charge in [0.25, 0.3) is 11.8 Å². The fraction of sp³-hybridized carbons (Fsp3) is 0.280. The lowest BCUT2D eigenvalue weighted by Gasteiger charge is -2.31. The number of benzene rings is 1. The molecule has 33 heavy (non-hydrogen) atoms. The van der Waals surface area contributed by atoms with Crippen molar-refractivity contribution in [3.05, 3.63) is 76.8 Å². The van der Waals surface area contributed by atoms with Crippen LogP contribution in [0.1, 0.15) is 45.3 Å². The van der Waals surface area contributed by atoms with E-state index in [1.54, 1.807) is 35.2 Å². The highest BCUT2D eigenvalue weighted by atomic mass is 32.2. The van der Waals surface area contributed by atoms with Crippen molar-refractivity contribution in [3.8, 4) is 0 Å². The average Bonchev–Trinajstić information content (AvgIpc) is 3.57. The largest absolute Gasteiger partial charge is 0.456 e. The summed E-state index contributed by atoms with van der Waals surface area (Å²) in [5.41, 5.74) is 1.68. The summed E-state index contributed by atoms with van der Waals surface area (Å²) >= 11 is 3.41. The van der Waals surface area contributed by atoms with Crippen molar-refractivity contribution in [1.29, 1.82) is 0 Å². The van der Waals surface area contributed by atoms with Crippen molar-refractivity contribution in [2.75, 3.05) is 13.1 Å². The number of amides is 2. The molecule has 2 amide bonds. The van der Waals surface area contributed by atoms with Gasteiger partial charge >= 0.3 is 0 Å². The summed E-state index contributed by atoms with van der Waals surface area (Å²) in [6, 6.07) is 15.4. The van der Waals surface area contributed by atoms with Gasteiger partial charge in [0.2, 0.25) is 0 Å². The summed E-state index contributed by atoms with van der Waals surface area (Å²) in [5.74, 6) is 1.83. The molecule has 8 heteroatoms. The molecule has 4 heterocycles. The van der Waals surface area contributed by atoms with Crippen LogP contribution in [0, 0.1) is 6.92 Å². The zero-order valence-corrected chi connectivity index (χ0v) is 19.8. The molecular formula is C25H24N2O4S2. The summed E-state index contributed by atoms with van der Waals surface area (Å²) in [6.45, 7) is 2.94. The predicted octanol–water partition coefficient (Wildman–Crippen LogP) is 5.72. The zero-order valence-electron chi connectivity index (χ0n) is 18.2. The van der Waals surface area contributed by atoms with Crippen LogP contribution in [0.4, 0.5) is 0 Å². The summed E-state index contributed by atoms with van der Waals surface area (Å²) < 4.78 is 12.7. The molecule has 1 aliphatic rings. The van der Waals surface area contributed by atoms with Crippen molar-refractivity contribution >= 4 is 45.9 Å². The molecule has 0 radical (unpaired) electrons. The highest BCUT2D eigenvalue weighted by molar-refractivity contribution is 8.00. The molecule has 0 bridgehead atoms. The third-order valence-electron chi connectivity index (χ3n) is 5.83. The molecular weight excluding hydrogens is 456 g/mol. The molecule has 0 saturated carbocycles. The molecule has 1 aromatic carbocycles. The fourth-order valence-electron chi connectivity index (χ4n) is 4.09. The van der Waals surface area contributed by atoms with Gasteiger partial charge in [-0.2, -0.15) is 0 Å². The Morgan fingerprint density at radius 1 is 1.09 bits per heavy atom. The molecule has 0 spiro atoms. The minimum Gasteiger partial charge on any atom is -0.456 e. The number of carbonyl (C=O) groups excluding carboxylic acids is 2. The Hall–Kier alpha value is -2.97. The van der Waals surface area contributed by atoms with Crippen LogP contribution in [0.2, 0.25) is 0 Å². The summed E-state index contributed by atoms with van der Waals surface area (Å²) in [7, 11) is 0. The maximum atomic E-state index is 13.4. The van der Waals surface area contributed by atoms with Gasteiger partial charge in [0, 0.05) is 35.8 Å². The van der Waals surface area contributed by atoms with E-state index in [1.165, 1.54) is 4.21 Å². The molecule has 1 aliphatic heterocycles. The molecule has 0 aliphatic carbocycles. The van der Waals surface area contributed by atoms with Crippen molar-refractivity contribution in [1.82, 2.24) is 10.2 Å². The maximum Gasteiger partial charge on any atom is 0.289 e. The number of furan rings is 2. The lowest BCUT2D eigenvalue weighted by atomic mass is 10.0. The first kappa shape index (κ1) is 21.9. The third-order valence-corrected chi connectivity index (χ3v) is 7.99. The van der Waals surface area contributed by atoms with E-state index in [0.29, 0.717) is 49.0 Å². The number of aryl methyl sites for hydroxylation is 1. The van der Waals surface area contributed by atoms with E-state index in [2.05, 4.69) is 16.8 Å². The number of nitrogens with zero attached hydrogens (tertiary/aromatic N) is 1. The number of thioether (sulfide) groups is 1. The summed E-state index contributed by atoms with van der Waals surface area (Å²) in [5, 5.41) is 6.06. The quantitative estimate of drug-likeness (QED) is 0.357. The highest BCUT2D eigenvalue weighted by Gasteiger charge is 2.29. The van der Waals surface area contributed by atoms with E-state index in [-0.39, 0.29) is 17.9 Å². The molecule has 0 atom stereocenters. The minimum absolute atomic E-state index is 0.0106.